The fourth-order valence-corrected chi connectivity index (χ4v) is 6.30. The number of halogens is 2. The van der Waals surface area contributed by atoms with Crippen LogP contribution in [0.1, 0.15) is 44.7 Å². The average Bonchev–Trinajstić information content (AvgIpc) is 2.96. The van der Waals surface area contributed by atoms with E-state index >= 15 is 0 Å². The second-order valence-corrected chi connectivity index (χ2v) is 12.4. The monoisotopic (exact) mass is 633 g/mol. The minimum absolute atomic E-state index is 0.0206. The van der Waals surface area contributed by atoms with Crippen molar-refractivity contribution in [3.8, 4) is 5.75 Å². The van der Waals surface area contributed by atoms with E-state index in [0.29, 0.717) is 40.9 Å². The summed E-state index contributed by atoms with van der Waals surface area (Å²) in [6.45, 7) is 7.50. The summed E-state index contributed by atoms with van der Waals surface area (Å²) < 4.78 is 35.0. The predicted octanol–water partition coefficient (Wildman–Crippen LogP) is 6.23. The van der Waals surface area contributed by atoms with Crippen molar-refractivity contribution < 1.29 is 22.7 Å². The van der Waals surface area contributed by atoms with Crippen molar-refractivity contribution in [2.45, 2.75) is 58.0 Å². The van der Waals surface area contributed by atoms with Crippen molar-refractivity contribution in [1.82, 2.24) is 10.2 Å². The van der Waals surface area contributed by atoms with Crippen LogP contribution in [0.2, 0.25) is 10.0 Å². The fraction of sp³-hybridized carbons (Fsp3) is 0.355. The Morgan fingerprint density at radius 3 is 2.29 bits per heavy atom. The van der Waals surface area contributed by atoms with E-state index in [4.69, 9.17) is 27.9 Å². The van der Waals surface area contributed by atoms with Gasteiger partial charge in [0, 0.05) is 23.1 Å². The van der Waals surface area contributed by atoms with Crippen LogP contribution in [0.4, 0.5) is 5.69 Å². The summed E-state index contributed by atoms with van der Waals surface area (Å²) in [5.41, 5.74) is 1.67. The minimum Gasteiger partial charge on any atom is -0.492 e. The van der Waals surface area contributed by atoms with Crippen LogP contribution in [0.3, 0.4) is 0 Å². The van der Waals surface area contributed by atoms with Gasteiger partial charge in [-0.05, 0) is 68.7 Å². The van der Waals surface area contributed by atoms with E-state index in [1.807, 2.05) is 13.8 Å². The van der Waals surface area contributed by atoms with Crippen LogP contribution in [-0.4, -0.2) is 50.9 Å². The van der Waals surface area contributed by atoms with E-state index in [-0.39, 0.29) is 23.0 Å². The zero-order valence-electron chi connectivity index (χ0n) is 24.3. The van der Waals surface area contributed by atoms with Crippen LogP contribution in [0.15, 0.2) is 71.6 Å². The highest BCUT2D eigenvalue weighted by Crippen LogP contribution is 2.33. The third-order valence-electron chi connectivity index (χ3n) is 6.61. The first-order valence-corrected chi connectivity index (χ1v) is 16.0. The summed E-state index contributed by atoms with van der Waals surface area (Å²) in [6, 6.07) is 17.1. The molecule has 0 saturated heterocycles. The van der Waals surface area contributed by atoms with Gasteiger partial charge in [-0.2, -0.15) is 0 Å². The molecule has 0 heterocycles. The van der Waals surface area contributed by atoms with Crippen molar-refractivity contribution in [3.63, 3.8) is 0 Å². The summed E-state index contributed by atoms with van der Waals surface area (Å²) in [7, 11) is -4.23. The summed E-state index contributed by atoms with van der Waals surface area (Å²) >= 11 is 12.6. The standard InChI is InChI=1S/C31H37Cl2N3O5S/c1-5-18-34-31(38)27(6-2)35(20-23-14-15-24(32)19-26(23)33)30(37)21-36(28-10-8-9-11-29(28)41-7-3)42(39,40)25-16-12-22(4)13-17-25/h8-17,19,27H,5-7,18,20-21H2,1-4H3,(H,34,38). The van der Waals surface area contributed by atoms with Gasteiger partial charge in [-0.1, -0.05) is 72.9 Å². The Hall–Kier alpha value is -3.27. The Kier molecular flexibility index (Phi) is 12.1. The number of hydrogen-bond acceptors (Lipinski definition) is 5. The number of nitrogens with zero attached hydrogens (tertiary/aromatic N) is 2. The highest BCUT2D eigenvalue weighted by Gasteiger charge is 2.35. The number of rotatable bonds is 14. The van der Waals surface area contributed by atoms with Gasteiger partial charge >= 0.3 is 0 Å². The Balaban J connectivity index is 2.12. The second-order valence-electron chi connectivity index (χ2n) is 9.70. The number of amides is 2. The Morgan fingerprint density at radius 1 is 0.976 bits per heavy atom. The quantitative estimate of drug-likeness (QED) is 0.227. The van der Waals surface area contributed by atoms with Crippen molar-refractivity contribution in [2.24, 2.45) is 0 Å². The molecular weight excluding hydrogens is 597 g/mol. The SMILES string of the molecule is CCCNC(=O)C(CC)N(Cc1ccc(Cl)cc1Cl)C(=O)CN(c1ccccc1OCC)S(=O)(=O)c1ccc(C)cc1. The van der Waals surface area contributed by atoms with E-state index in [1.54, 1.807) is 68.4 Å². The number of benzene rings is 3. The Bertz CT molecular complexity index is 1480. The zero-order chi connectivity index (χ0) is 30.9. The minimum atomic E-state index is -4.23. The maximum absolute atomic E-state index is 14.2. The van der Waals surface area contributed by atoms with Gasteiger partial charge in [0.15, 0.2) is 0 Å². The van der Waals surface area contributed by atoms with Crippen LogP contribution in [0, 0.1) is 6.92 Å². The number of ether oxygens (including phenoxy) is 1. The predicted molar refractivity (Wildman–Crippen MR) is 168 cm³/mol. The van der Waals surface area contributed by atoms with Gasteiger partial charge < -0.3 is 15.0 Å². The van der Waals surface area contributed by atoms with Crippen LogP contribution >= 0.6 is 23.2 Å². The first-order chi connectivity index (χ1) is 20.0. The molecule has 0 aliphatic carbocycles. The molecule has 0 spiro atoms. The lowest BCUT2D eigenvalue weighted by atomic mass is 10.1. The van der Waals surface area contributed by atoms with Crippen molar-refractivity contribution in [3.05, 3.63) is 87.9 Å². The molecule has 0 aliphatic heterocycles. The lowest BCUT2D eigenvalue weighted by molar-refractivity contribution is -0.140. The molecule has 226 valence electrons. The first kappa shape index (κ1) is 33.2. The van der Waals surface area contributed by atoms with Crippen molar-refractivity contribution in [2.75, 3.05) is 24.0 Å². The molecule has 11 heteroatoms. The van der Waals surface area contributed by atoms with E-state index in [2.05, 4.69) is 5.32 Å². The average molecular weight is 635 g/mol. The molecule has 42 heavy (non-hydrogen) atoms. The molecule has 0 radical (unpaired) electrons. The Morgan fingerprint density at radius 2 is 1.67 bits per heavy atom. The number of aryl methyl sites for hydroxylation is 1. The summed E-state index contributed by atoms with van der Waals surface area (Å²) in [5, 5.41) is 3.62. The van der Waals surface area contributed by atoms with Gasteiger partial charge in [-0.25, -0.2) is 8.42 Å². The molecular formula is C31H37Cl2N3O5S. The number of carbonyl (C=O) groups is 2. The normalized spacial score (nSPS) is 12.0. The number of nitrogens with one attached hydrogen (secondary N) is 1. The lowest BCUT2D eigenvalue weighted by Gasteiger charge is -2.33. The first-order valence-electron chi connectivity index (χ1n) is 13.9. The van der Waals surface area contributed by atoms with Crippen LogP contribution in [-0.2, 0) is 26.2 Å². The number of anilines is 1. The lowest BCUT2D eigenvalue weighted by Crippen LogP contribution is -2.52. The molecule has 2 amide bonds. The van der Waals surface area contributed by atoms with Crippen molar-refractivity contribution >= 4 is 50.7 Å². The molecule has 3 aromatic carbocycles. The molecule has 3 rings (SSSR count). The molecule has 8 nitrogen and oxygen atoms in total. The number of para-hydroxylation sites is 2. The summed E-state index contributed by atoms with van der Waals surface area (Å²) in [4.78, 5) is 28.9. The maximum Gasteiger partial charge on any atom is 0.264 e. The van der Waals surface area contributed by atoms with E-state index in [9.17, 15) is 18.0 Å². The molecule has 0 bridgehead atoms. The van der Waals surface area contributed by atoms with E-state index in [0.717, 1.165) is 16.3 Å². The summed E-state index contributed by atoms with van der Waals surface area (Å²) in [5.74, 6) is -0.606. The number of sulfonamides is 1. The molecule has 1 atom stereocenters. The highest BCUT2D eigenvalue weighted by atomic mass is 35.5. The topological polar surface area (TPSA) is 96.0 Å². The molecule has 1 N–H and O–H groups in total. The fourth-order valence-electron chi connectivity index (χ4n) is 4.41. The van der Waals surface area contributed by atoms with Gasteiger partial charge in [0.25, 0.3) is 10.0 Å². The molecule has 0 fully saturated rings. The smallest absolute Gasteiger partial charge is 0.264 e. The third-order valence-corrected chi connectivity index (χ3v) is 8.97. The van der Waals surface area contributed by atoms with E-state index in [1.165, 1.54) is 17.0 Å². The Labute approximate surface area is 258 Å². The number of hydrogen-bond donors (Lipinski definition) is 1. The van der Waals surface area contributed by atoms with Crippen LogP contribution in [0.25, 0.3) is 0 Å². The third kappa shape index (κ3) is 8.18. The molecule has 0 saturated carbocycles. The van der Waals surface area contributed by atoms with Gasteiger partial charge in [0.05, 0.1) is 17.2 Å². The molecule has 0 aliphatic rings. The molecule has 0 aromatic heterocycles. The van der Waals surface area contributed by atoms with Gasteiger partial charge in [0.2, 0.25) is 11.8 Å². The van der Waals surface area contributed by atoms with Gasteiger partial charge in [-0.3, -0.25) is 13.9 Å². The highest BCUT2D eigenvalue weighted by molar-refractivity contribution is 7.92. The van der Waals surface area contributed by atoms with Crippen molar-refractivity contribution in [1.29, 1.82) is 0 Å². The van der Waals surface area contributed by atoms with Crippen LogP contribution < -0.4 is 14.4 Å². The van der Waals surface area contributed by atoms with Gasteiger partial charge in [-0.15, -0.1) is 0 Å². The summed E-state index contributed by atoms with van der Waals surface area (Å²) in [6.07, 6.45) is 1.02. The van der Waals surface area contributed by atoms with Gasteiger partial charge in [0.1, 0.15) is 18.3 Å². The second kappa shape index (κ2) is 15.3. The maximum atomic E-state index is 14.2. The largest absolute Gasteiger partial charge is 0.492 e. The van der Waals surface area contributed by atoms with E-state index < -0.39 is 28.5 Å². The number of carbonyl (C=O) groups excluding carboxylic acids is 2. The van der Waals surface area contributed by atoms with Crippen LogP contribution in [0.5, 0.6) is 5.75 Å². The zero-order valence-corrected chi connectivity index (χ0v) is 26.6. The molecule has 1 unspecified atom stereocenters. The molecule has 3 aromatic rings.